The van der Waals surface area contributed by atoms with Crippen LogP contribution in [0.2, 0.25) is 0 Å². The van der Waals surface area contributed by atoms with Gasteiger partial charge in [0.15, 0.2) is 0 Å². The van der Waals surface area contributed by atoms with Crippen molar-refractivity contribution in [2.75, 3.05) is 26.2 Å². The SMILES string of the molecule is CCN(CC)C(=O)Cn1cc(C(=O)C(=O)N2C[C@@H](C)O[C@@H](C)C2)c2ccccc21. The number of ether oxygens (including phenoxy) is 1. The minimum absolute atomic E-state index is 0.0168. The lowest BCUT2D eigenvalue weighted by Gasteiger charge is -2.34. The summed E-state index contributed by atoms with van der Waals surface area (Å²) in [6.45, 7) is 9.85. The number of fused-ring (bicyclic) bond motifs is 1. The number of hydrogen-bond acceptors (Lipinski definition) is 4. The monoisotopic (exact) mass is 399 g/mol. The number of Topliss-reactive ketones (excluding diaryl/α,β-unsaturated/α-hetero) is 1. The van der Waals surface area contributed by atoms with Crippen molar-refractivity contribution in [3.8, 4) is 0 Å². The van der Waals surface area contributed by atoms with Crippen molar-refractivity contribution >= 4 is 28.5 Å². The van der Waals surface area contributed by atoms with E-state index in [-0.39, 0.29) is 24.7 Å². The molecule has 1 aliphatic heterocycles. The number of amides is 2. The van der Waals surface area contributed by atoms with E-state index in [2.05, 4.69) is 0 Å². The topological polar surface area (TPSA) is 71.9 Å². The average Bonchev–Trinajstić information content (AvgIpc) is 3.05. The summed E-state index contributed by atoms with van der Waals surface area (Å²) in [6, 6.07) is 7.38. The highest BCUT2D eigenvalue weighted by Crippen LogP contribution is 2.23. The maximum atomic E-state index is 13.1. The highest BCUT2D eigenvalue weighted by molar-refractivity contribution is 6.44. The Morgan fingerprint density at radius 3 is 2.31 bits per heavy atom. The zero-order valence-electron chi connectivity index (χ0n) is 17.6. The summed E-state index contributed by atoms with van der Waals surface area (Å²) < 4.78 is 7.43. The lowest BCUT2D eigenvalue weighted by Crippen LogP contribution is -2.50. The molecule has 2 aromatic rings. The van der Waals surface area contributed by atoms with Gasteiger partial charge in [0.25, 0.3) is 11.7 Å². The average molecular weight is 399 g/mol. The highest BCUT2D eigenvalue weighted by atomic mass is 16.5. The number of benzene rings is 1. The molecule has 0 aliphatic carbocycles. The van der Waals surface area contributed by atoms with Gasteiger partial charge in [0, 0.05) is 43.3 Å². The molecule has 1 saturated heterocycles. The summed E-state index contributed by atoms with van der Waals surface area (Å²) in [4.78, 5) is 41.9. The molecule has 1 fully saturated rings. The molecule has 1 aromatic heterocycles. The van der Waals surface area contributed by atoms with Crippen molar-refractivity contribution in [1.29, 1.82) is 0 Å². The van der Waals surface area contributed by atoms with E-state index in [1.54, 1.807) is 20.6 Å². The maximum Gasteiger partial charge on any atom is 0.295 e. The van der Waals surface area contributed by atoms with Gasteiger partial charge in [0.1, 0.15) is 6.54 Å². The largest absolute Gasteiger partial charge is 0.372 e. The molecular formula is C22H29N3O4. The number of nitrogens with zero attached hydrogens (tertiary/aromatic N) is 3. The number of aromatic nitrogens is 1. The summed E-state index contributed by atoms with van der Waals surface area (Å²) in [5.41, 5.74) is 1.11. The van der Waals surface area contributed by atoms with Crippen LogP contribution in [0.15, 0.2) is 30.5 Å². The van der Waals surface area contributed by atoms with E-state index in [1.807, 2.05) is 52.0 Å². The van der Waals surface area contributed by atoms with Crippen molar-refractivity contribution < 1.29 is 19.1 Å². The number of para-hydroxylation sites is 1. The minimum atomic E-state index is -0.545. The van der Waals surface area contributed by atoms with Crippen LogP contribution >= 0.6 is 0 Å². The van der Waals surface area contributed by atoms with E-state index in [0.717, 1.165) is 5.52 Å². The third-order valence-corrected chi connectivity index (χ3v) is 5.36. The number of ketones is 1. The van der Waals surface area contributed by atoms with Crippen molar-refractivity contribution in [1.82, 2.24) is 14.4 Å². The fourth-order valence-corrected chi connectivity index (χ4v) is 3.98. The highest BCUT2D eigenvalue weighted by Gasteiger charge is 2.31. The second-order valence-electron chi connectivity index (χ2n) is 7.55. The Bertz CT molecular complexity index is 906. The summed E-state index contributed by atoms with van der Waals surface area (Å²) in [5.74, 6) is -1.08. The second kappa shape index (κ2) is 8.78. The van der Waals surface area contributed by atoms with Crippen molar-refractivity contribution in [2.45, 2.75) is 46.4 Å². The van der Waals surface area contributed by atoms with Crippen molar-refractivity contribution in [3.63, 3.8) is 0 Å². The number of morpholine rings is 1. The van der Waals surface area contributed by atoms with Gasteiger partial charge in [-0.1, -0.05) is 18.2 Å². The Morgan fingerprint density at radius 1 is 1.07 bits per heavy atom. The molecule has 0 bridgehead atoms. The maximum absolute atomic E-state index is 13.1. The van der Waals surface area contributed by atoms with Gasteiger partial charge in [0.2, 0.25) is 5.91 Å². The molecule has 0 unspecified atom stereocenters. The van der Waals surface area contributed by atoms with Gasteiger partial charge in [-0.3, -0.25) is 14.4 Å². The number of carbonyl (C=O) groups is 3. The van der Waals surface area contributed by atoms with E-state index in [9.17, 15) is 14.4 Å². The van der Waals surface area contributed by atoms with E-state index in [4.69, 9.17) is 4.74 Å². The Kier molecular flexibility index (Phi) is 6.37. The summed E-state index contributed by atoms with van der Waals surface area (Å²) in [5, 5.41) is 0.688. The van der Waals surface area contributed by atoms with Crippen molar-refractivity contribution in [2.24, 2.45) is 0 Å². The van der Waals surface area contributed by atoms with Gasteiger partial charge in [-0.15, -0.1) is 0 Å². The third-order valence-electron chi connectivity index (χ3n) is 5.36. The number of rotatable bonds is 6. The summed E-state index contributed by atoms with van der Waals surface area (Å²) in [6.07, 6.45) is 1.42. The van der Waals surface area contributed by atoms with E-state index < -0.39 is 11.7 Å². The predicted molar refractivity (Wildman–Crippen MR) is 111 cm³/mol. The molecule has 7 nitrogen and oxygen atoms in total. The first kappa shape index (κ1) is 21.0. The molecule has 2 heterocycles. The van der Waals surface area contributed by atoms with Gasteiger partial charge < -0.3 is 19.1 Å². The van der Waals surface area contributed by atoms with Gasteiger partial charge in [-0.2, -0.15) is 0 Å². The smallest absolute Gasteiger partial charge is 0.295 e. The minimum Gasteiger partial charge on any atom is -0.372 e. The van der Waals surface area contributed by atoms with Crippen LogP contribution < -0.4 is 0 Å². The summed E-state index contributed by atoms with van der Waals surface area (Å²) >= 11 is 0. The third kappa shape index (κ3) is 4.34. The molecule has 156 valence electrons. The Hall–Kier alpha value is -2.67. The van der Waals surface area contributed by atoms with Crippen molar-refractivity contribution in [3.05, 3.63) is 36.0 Å². The Balaban J connectivity index is 1.90. The Labute approximate surface area is 171 Å². The van der Waals surface area contributed by atoms with Crippen LogP contribution in [0, 0.1) is 0 Å². The lowest BCUT2D eigenvalue weighted by molar-refractivity contribution is -0.138. The fraction of sp³-hybridized carbons (Fsp3) is 0.500. The van der Waals surface area contributed by atoms with Crippen LogP contribution in [0.3, 0.4) is 0 Å². The normalized spacial score (nSPS) is 19.4. The molecule has 7 heteroatoms. The quantitative estimate of drug-likeness (QED) is 0.552. The van der Waals surface area contributed by atoms with Crippen LogP contribution in [0.1, 0.15) is 38.1 Å². The second-order valence-corrected chi connectivity index (χ2v) is 7.55. The Morgan fingerprint density at radius 2 is 1.69 bits per heavy atom. The summed E-state index contributed by atoms with van der Waals surface area (Å²) in [7, 11) is 0. The molecule has 1 aliphatic rings. The van der Waals surface area contributed by atoms with E-state index >= 15 is 0 Å². The molecule has 0 spiro atoms. The van der Waals surface area contributed by atoms with Gasteiger partial charge in [-0.25, -0.2) is 0 Å². The molecule has 0 saturated carbocycles. The van der Waals surface area contributed by atoms with Crippen LogP contribution in [-0.4, -0.2) is 70.4 Å². The van der Waals surface area contributed by atoms with Crippen LogP contribution in [0.4, 0.5) is 0 Å². The number of hydrogen-bond donors (Lipinski definition) is 0. The lowest BCUT2D eigenvalue weighted by atomic mass is 10.1. The van der Waals surface area contributed by atoms with E-state index in [0.29, 0.717) is 37.1 Å². The standard InChI is InChI=1S/C22H29N3O4/c1-5-23(6-2)20(26)14-24-13-18(17-9-7-8-10-19(17)24)21(27)22(28)25-11-15(3)29-16(4)12-25/h7-10,13,15-16H,5-6,11-12,14H2,1-4H3/t15-,16+. The van der Waals surface area contributed by atoms with E-state index in [1.165, 1.54) is 0 Å². The van der Waals surface area contributed by atoms with Gasteiger partial charge in [-0.05, 0) is 33.8 Å². The molecule has 1 aromatic carbocycles. The first-order valence-electron chi connectivity index (χ1n) is 10.2. The molecule has 0 N–H and O–H groups in total. The molecule has 3 rings (SSSR count). The molecule has 2 amide bonds. The van der Waals surface area contributed by atoms with Crippen LogP contribution in [0.25, 0.3) is 10.9 Å². The predicted octanol–water partition coefficient (Wildman–Crippen LogP) is 2.33. The number of carbonyl (C=O) groups excluding carboxylic acids is 3. The molecular weight excluding hydrogens is 370 g/mol. The molecule has 2 atom stereocenters. The zero-order valence-corrected chi connectivity index (χ0v) is 17.6. The van der Waals surface area contributed by atoms with Crippen LogP contribution in [0.5, 0.6) is 0 Å². The van der Waals surface area contributed by atoms with Gasteiger partial charge >= 0.3 is 0 Å². The zero-order chi connectivity index (χ0) is 21.1. The first-order valence-corrected chi connectivity index (χ1v) is 10.2. The first-order chi connectivity index (χ1) is 13.8. The number of likely N-dealkylation sites (N-methyl/N-ethyl adjacent to an activating group) is 1. The molecule has 0 radical (unpaired) electrons. The van der Waals surface area contributed by atoms with Crippen LogP contribution in [-0.2, 0) is 20.9 Å². The fourth-order valence-electron chi connectivity index (χ4n) is 3.98. The van der Waals surface area contributed by atoms with Gasteiger partial charge in [0.05, 0.1) is 17.8 Å². The molecule has 29 heavy (non-hydrogen) atoms.